The van der Waals surface area contributed by atoms with Crippen LogP contribution >= 0.6 is 11.8 Å². The molecule has 1 aliphatic rings. The van der Waals surface area contributed by atoms with Crippen LogP contribution in [0.2, 0.25) is 0 Å². The van der Waals surface area contributed by atoms with E-state index in [1.165, 1.54) is 17.4 Å². The fourth-order valence-electron chi connectivity index (χ4n) is 4.61. The van der Waals surface area contributed by atoms with Gasteiger partial charge < -0.3 is 23.9 Å². The molecule has 0 radical (unpaired) electrons. The summed E-state index contributed by atoms with van der Waals surface area (Å²) < 4.78 is 11.4. The van der Waals surface area contributed by atoms with E-state index in [0.29, 0.717) is 30.8 Å². The van der Waals surface area contributed by atoms with E-state index >= 15 is 0 Å². The second-order valence-corrected chi connectivity index (χ2v) is 10.1. The number of hydrogen-bond acceptors (Lipinski definition) is 8. The first-order chi connectivity index (χ1) is 19.2. The van der Waals surface area contributed by atoms with Gasteiger partial charge in [0.15, 0.2) is 0 Å². The summed E-state index contributed by atoms with van der Waals surface area (Å²) >= 11 is 1.27. The fourth-order valence-corrected chi connectivity index (χ4v) is 5.27. The Labute approximate surface area is 230 Å². The lowest BCUT2D eigenvalue weighted by molar-refractivity contribution is -0.128. The fraction of sp³-hybridized carbons (Fsp3) is 0.241. The van der Waals surface area contributed by atoms with Gasteiger partial charge in [-0.05, 0) is 61.5 Å². The molecule has 3 heterocycles. The van der Waals surface area contributed by atoms with Gasteiger partial charge in [-0.15, -0.1) is 10.2 Å². The van der Waals surface area contributed by atoms with E-state index in [1.807, 2.05) is 72.5 Å². The second-order valence-electron chi connectivity index (χ2n) is 9.14. The largest absolute Gasteiger partial charge is 0.494 e. The van der Waals surface area contributed by atoms with Crippen molar-refractivity contribution in [1.29, 1.82) is 0 Å². The van der Waals surface area contributed by atoms with Gasteiger partial charge in [0.2, 0.25) is 11.8 Å². The van der Waals surface area contributed by atoms with Gasteiger partial charge >= 0.3 is 0 Å². The number of rotatable bonds is 8. The zero-order chi connectivity index (χ0) is 26.6. The number of anilines is 1. The number of thioether (sulfide) groups is 1. The molecular formula is C29H28N6O3S. The van der Waals surface area contributed by atoms with Crippen molar-refractivity contribution in [2.45, 2.75) is 12.1 Å². The molecule has 1 N–H and O–H groups in total. The van der Waals surface area contributed by atoms with E-state index in [1.54, 1.807) is 0 Å². The summed E-state index contributed by atoms with van der Waals surface area (Å²) in [6, 6.07) is 23.9. The van der Waals surface area contributed by atoms with Gasteiger partial charge in [-0.3, -0.25) is 4.79 Å². The summed E-state index contributed by atoms with van der Waals surface area (Å²) in [5, 5.41) is 8.73. The van der Waals surface area contributed by atoms with Crippen LogP contribution < -0.4 is 9.64 Å². The quantitative estimate of drug-likeness (QED) is 0.271. The maximum absolute atomic E-state index is 12.8. The van der Waals surface area contributed by atoms with Crippen molar-refractivity contribution in [3.63, 3.8) is 0 Å². The molecule has 0 atom stereocenters. The zero-order valence-corrected chi connectivity index (χ0v) is 22.4. The number of nitrogens with zero attached hydrogens (tertiary/aromatic N) is 5. The first kappa shape index (κ1) is 25.0. The average molecular weight is 541 g/mol. The topological polar surface area (TPSA) is 100 Å². The summed E-state index contributed by atoms with van der Waals surface area (Å²) in [6.45, 7) is 5.64. The molecule has 10 heteroatoms. The van der Waals surface area contributed by atoms with Crippen LogP contribution in [-0.4, -0.2) is 69.5 Å². The normalized spacial score (nSPS) is 13.7. The molecule has 1 amide bonds. The molecule has 198 valence electrons. The maximum atomic E-state index is 12.8. The minimum Gasteiger partial charge on any atom is -0.494 e. The summed E-state index contributed by atoms with van der Waals surface area (Å²) in [7, 11) is 0. The second kappa shape index (κ2) is 11.2. The Morgan fingerprint density at radius 1 is 0.974 bits per heavy atom. The number of aromatic nitrogens is 4. The van der Waals surface area contributed by atoms with Gasteiger partial charge in [-0.2, -0.15) is 0 Å². The van der Waals surface area contributed by atoms with Gasteiger partial charge in [0.25, 0.3) is 5.22 Å². The zero-order valence-electron chi connectivity index (χ0n) is 21.5. The maximum Gasteiger partial charge on any atom is 0.277 e. The van der Waals surface area contributed by atoms with Crippen LogP contribution in [0, 0.1) is 0 Å². The van der Waals surface area contributed by atoms with Crippen LogP contribution in [-0.2, 0) is 4.79 Å². The van der Waals surface area contributed by atoms with Crippen molar-refractivity contribution in [1.82, 2.24) is 25.1 Å². The Hall–Kier alpha value is -4.31. The number of carbonyl (C=O) groups excluding carboxylic acids is 1. The predicted molar refractivity (Wildman–Crippen MR) is 152 cm³/mol. The first-order valence-electron chi connectivity index (χ1n) is 12.9. The number of hydrogen-bond donors (Lipinski definition) is 1. The Kier molecular flexibility index (Phi) is 7.18. The molecule has 0 saturated carbocycles. The number of para-hydroxylation sites is 1. The van der Waals surface area contributed by atoms with Crippen molar-refractivity contribution in [3.8, 4) is 28.6 Å². The molecule has 5 aromatic rings. The summed E-state index contributed by atoms with van der Waals surface area (Å²) in [5.74, 6) is 2.35. The number of H-pyrrole nitrogens is 1. The minimum atomic E-state index is 0.0770. The smallest absolute Gasteiger partial charge is 0.277 e. The van der Waals surface area contributed by atoms with Crippen LogP contribution in [0.1, 0.15) is 6.92 Å². The van der Waals surface area contributed by atoms with Crippen LogP contribution in [0.25, 0.3) is 33.9 Å². The number of aromatic amines is 1. The highest BCUT2D eigenvalue weighted by Crippen LogP contribution is 2.28. The van der Waals surface area contributed by atoms with Gasteiger partial charge in [0.05, 0.1) is 23.4 Å². The lowest BCUT2D eigenvalue weighted by Crippen LogP contribution is -2.49. The highest BCUT2D eigenvalue weighted by Gasteiger charge is 2.22. The molecule has 0 spiro atoms. The molecule has 1 fully saturated rings. The third kappa shape index (κ3) is 5.61. The standard InChI is InChI=1S/C29H28N6O3S/c1-2-37-23-11-8-20(9-12-23)27-30-24-13-10-21(18-25(24)31-27)28-32-33-29(38-28)39-19-26(36)35-16-14-34(15-17-35)22-6-4-3-5-7-22/h3-13,18H,2,14-17,19H2,1H3,(H,30,31). The molecule has 2 aromatic heterocycles. The van der Waals surface area contributed by atoms with Gasteiger partial charge in [-0.1, -0.05) is 30.0 Å². The molecule has 0 unspecified atom stereocenters. The number of ether oxygens (including phenoxy) is 1. The molecular weight excluding hydrogens is 512 g/mol. The predicted octanol–water partition coefficient (Wildman–Crippen LogP) is 5.12. The van der Waals surface area contributed by atoms with E-state index in [-0.39, 0.29) is 11.7 Å². The Bertz CT molecular complexity index is 1560. The van der Waals surface area contributed by atoms with E-state index in [2.05, 4.69) is 32.2 Å². The van der Waals surface area contributed by atoms with Crippen molar-refractivity contribution < 1.29 is 13.9 Å². The number of benzene rings is 3. The number of piperazine rings is 1. The molecule has 1 saturated heterocycles. The number of imidazole rings is 1. The first-order valence-corrected chi connectivity index (χ1v) is 13.9. The molecule has 39 heavy (non-hydrogen) atoms. The number of fused-ring (bicyclic) bond motifs is 1. The average Bonchev–Trinajstić information content (AvgIpc) is 3.64. The number of nitrogens with one attached hydrogen (secondary N) is 1. The van der Waals surface area contributed by atoms with Crippen LogP contribution in [0.4, 0.5) is 5.69 Å². The van der Waals surface area contributed by atoms with Crippen LogP contribution in [0.3, 0.4) is 0 Å². The minimum absolute atomic E-state index is 0.0770. The van der Waals surface area contributed by atoms with Crippen molar-refractivity contribution in [2.75, 3.05) is 43.4 Å². The van der Waals surface area contributed by atoms with Gasteiger partial charge in [0, 0.05) is 43.0 Å². The Morgan fingerprint density at radius 3 is 2.51 bits per heavy atom. The highest BCUT2D eigenvalue weighted by molar-refractivity contribution is 7.99. The third-order valence-electron chi connectivity index (χ3n) is 6.65. The SMILES string of the molecule is CCOc1ccc(-c2nc3ccc(-c4nnc(SCC(=O)N5CCN(c6ccccc6)CC5)o4)cc3[nH]2)cc1. The van der Waals surface area contributed by atoms with E-state index in [9.17, 15) is 4.79 Å². The van der Waals surface area contributed by atoms with Gasteiger partial charge in [-0.25, -0.2) is 4.98 Å². The number of carbonyl (C=O) groups is 1. The summed E-state index contributed by atoms with van der Waals surface area (Å²) in [4.78, 5) is 25.1. The molecule has 0 bridgehead atoms. The third-order valence-corrected chi connectivity index (χ3v) is 7.45. The lowest BCUT2D eigenvalue weighted by atomic mass is 10.2. The Morgan fingerprint density at radius 2 is 1.74 bits per heavy atom. The van der Waals surface area contributed by atoms with Crippen molar-refractivity contribution in [2.24, 2.45) is 0 Å². The van der Waals surface area contributed by atoms with E-state index in [4.69, 9.17) is 14.1 Å². The molecule has 6 rings (SSSR count). The molecule has 3 aromatic carbocycles. The summed E-state index contributed by atoms with van der Waals surface area (Å²) in [6.07, 6.45) is 0. The molecule has 1 aliphatic heterocycles. The lowest BCUT2D eigenvalue weighted by Gasteiger charge is -2.36. The van der Waals surface area contributed by atoms with Crippen LogP contribution in [0.5, 0.6) is 5.75 Å². The van der Waals surface area contributed by atoms with Crippen molar-refractivity contribution >= 4 is 34.4 Å². The van der Waals surface area contributed by atoms with E-state index in [0.717, 1.165) is 46.8 Å². The van der Waals surface area contributed by atoms with Crippen molar-refractivity contribution in [3.05, 3.63) is 72.8 Å². The van der Waals surface area contributed by atoms with Gasteiger partial charge in [0.1, 0.15) is 11.6 Å². The van der Waals surface area contributed by atoms with E-state index < -0.39 is 0 Å². The Balaban J connectivity index is 1.06. The molecule has 9 nitrogen and oxygen atoms in total. The monoisotopic (exact) mass is 540 g/mol. The number of amides is 1. The molecule has 0 aliphatic carbocycles. The summed E-state index contributed by atoms with van der Waals surface area (Å²) in [5.41, 5.74) is 4.66. The van der Waals surface area contributed by atoms with Crippen LogP contribution in [0.15, 0.2) is 82.4 Å². The highest BCUT2D eigenvalue weighted by atomic mass is 32.2.